The topological polar surface area (TPSA) is 29.9 Å². The molecule has 108 valence electrons. The maximum Gasteiger partial charge on any atom is 0.0683 e. The van der Waals surface area contributed by atoms with Gasteiger partial charge in [0.05, 0.1) is 24.3 Å². The van der Waals surface area contributed by atoms with Gasteiger partial charge in [-0.15, -0.1) is 0 Å². The molecule has 21 heavy (non-hydrogen) atoms. The molecule has 1 heterocycles. The van der Waals surface area contributed by atoms with E-state index in [2.05, 4.69) is 77.5 Å². The van der Waals surface area contributed by atoms with Crippen LogP contribution in [0.5, 0.6) is 0 Å². The third-order valence-electron chi connectivity index (χ3n) is 3.84. The molecule has 0 spiro atoms. The van der Waals surface area contributed by atoms with Gasteiger partial charge >= 0.3 is 0 Å². The summed E-state index contributed by atoms with van der Waals surface area (Å²) in [5.41, 5.74) is 3.79. The predicted octanol–water partition coefficient (Wildman–Crippen LogP) is 3.70. The van der Waals surface area contributed by atoms with Crippen LogP contribution in [-0.4, -0.2) is 16.3 Å². The average Bonchev–Trinajstić information content (AvgIpc) is 2.91. The SMILES string of the molecule is CCNC(Cn1ncc2ccccc21)c1ccc(C)cc1. The van der Waals surface area contributed by atoms with E-state index in [9.17, 15) is 0 Å². The highest BCUT2D eigenvalue weighted by molar-refractivity contribution is 5.78. The summed E-state index contributed by atoms with van der Waals surface area (Å²) in [4.78, 5) is 0. The van der Waals surface area contributed by atoms with Gasteiger partial charge in [-0.2, -0.15) is 5.10 Å². The minimum absolute atomic E-state index is 0.277. The lowest BCUT2D eigenvalue weighted by Gasteiger charge is -2.19. The minimum Gasteiger partial charge on any atom is -0.309 e. The van der Waals surface area contributed by atoms with Crippen LogP contribution in [0, 0.1) is 6.92 Å². The van der Waals surface area contributed by atoms with E-state index in [0.717, 1.165) is 13.1 Å². The van der Waals surface area contributed by atoms with Crippen molar-refractivity contribution in [3.63, 3.8) is 0 Å². The molecular formula is C18H21N3. The van der Waals surface area contributed by atoms with Gasteiger partial charge in [0.2, 0.25) is 0 Å². The first-order chi connectivity index (χ1) is 10.3. The summed E-state index contributed by atoms with van der Waals surface area (Å²) in [5, 5.41) is 9.29. The van der Waals surface area contributed by atoms with Gasteiger partial charge in [0.15, 0.2) is 0 Å². The molecule has 1 atom stereocenters. The van der Waals surface area contributed by atoms with Gasteiger partial charge in [0.25, 0.3) is 0 Å². The van der Waals surface area contributed by atoms with Gasteiger partial charge < -0.3 is 5.32 Å². The van der Waals surface area contributed by atoms with Crippen LogP contribution in [0.15, 0.2) is 54.7 Å². The summed E-state index contributed by atoms with van der Waals surface area (Å²) in [7, 11) is 0. The van der Waals surface area contributed by atoms with Gasteiger partial charge in [0, 0.05) is 5.39 Å². The second-order valence-electron chi connectivity index (χ2n) is 5.41. The van der Waals surface area contributed by atoms with Crippen molar-refractivity contribution in [2.75, 3.05) is 6.54 Å². The lowest BCUT2D eigenvalue weighted by Crippen LogP contribution is -2.25. The second-order valence-corrected chi connectivity index (χ2v) is 5.41. The maximum absolute atomic E-state index is 4.54. The van der Waals surface area contributed by atoms with E-state index < -0.39 is 0 Å². The highest BCUT2D eigenvalue weighted by Gasteiger charge is 2.13. The Morgan fingerprint density at radius 2 is 1.86 bits per heavy atom. The largest absolute Gasteiger partial charge is 0.309 e. The molecule has 1 unspecified atom stereocenters. The molecule has 0 bridgehead atoms. The van der Waals surface area contributed by atoms with Crippen LogP contribution in [0.3, 0.4) is 0 Å². The highest BCUT2D eigenvalue weighted by atomic mass is 15.3. The standard InChI is InChI=1S/C18H21N3/c1-3-19-17(15-10-8-14(2)9-11-15)13-21-18-7-5-4-6-16(18)12-20-21/h4-12,17,19H,3,13H2,1-2H3. The van der Waals surface area contributed by atoms with Crippen molar-refractivity contribution >= 4 is 10.9 Å². The van der Waals surface area contributed by atoms with Crippen LogP contribution >= 0.6 is 0 Å². The van der Waals surface area contributed by atoms with Crippen molar-refractivity contribution < 1.29 is 0 Å². The van der Waals surface area contributed by atoms with Crippen LogP contribution in [0.2, 0.25) is 0 Å². The summed E-state index contributed by atoms with van der Waals surface area (Å²) in [6.07, 6.45) is 1.94. The average molecular weight is 279 g/mol. The lowest BCUT2D eigenvalue weighted by atomic mass is 10.1. The number of aromatic nitrogens is 2. The van der Waals surface area contributed by atoms with Gasteiger partial charge in [-0.05, 0) is 25.1 Å². The fourth-order valence-electron chi connectivity index (χ4n) is 2.68. The Morgan fingerprint density at radius 1 is 1.10 bits per heavy atom. The fourth-order valence-corrected chi connectivity index (χ4v) is 2.68. The zero-order valence-corrected chi connectivity index (χ0v) is 12.6. The zero-order valence-electron chi connectivity index (χ0n) is 12.6. The van der Waals surface area contributed by atoms with Crippen LogP contribution in [0.1, 0.15) is 24.1 Å². The molecular weight excluding hydrogens is 258 g/mol. The number of para-hydroxylation sites is 1. The number of likely N-dealkylation sites (N-methyl/N-ethyl adjacent to an activating group) is 1. The molecule has 2 aromatic carbocycles. The number of nitrogens with zero attached hydrogens (tertiary/aromatic N) is 2. The quantitative estimate of drug-likeness (QED) is 0.772. The lowest BCUT2D eigenvalue weighted by molar-refractivity contribution is 0.456. The molecule has 0 amide bonds. The van der Waals surface area contributed by atoms with E-state index in [-0.39, 0.29) is 6.04 Å². The summed E-state index contributed by atoms with van der Waals surface area (Å²) in [6, 6.07) is 17.4. The fraction of sp³-hybridized carbons (Fsp3) is 0.278. The molecule has 0 aliphatic carbocycles. The van der Waals surface area contributed by atoms with Gasteiger partial charge in [-0.1, -0.05) is 55.0 Å². The molecule has 3 nitrogen and oxygen atoms in total. The van der Waals surface area contributed by atoms with Crippen molar-refractivity contribution in [2.24, 2.45) is 0 Å². The first-order valence-corrected chi connectivity index (χ1v) is 7.48. The molecule has 1 aromatic heterocycles. The molecule has 3 rings (SSSR count). The van der Waals surface area contributed by atoms with Gasteiger partial charge in [-0.25, -0.2) is 0 Å². The van der Waals surface area contributed by atoms with E-state index in [1.54, 1.807) is 0 Å². The predicted molar refractivity (Wildman–Crippen MR) is 87.3 cm³/mol. The van der Waals surface area contributed by atoms with E-state index in [1.165, 1.54) is 22.0 Å². The normalized spacial score (nSPS) is 12.7. The smallest absolute Gasteiger partial charge is 0.0683 e. The molecule has 0 fully saturated rings. The molecule has 0 radical (unpaired) electrons. The molecule has 3 heteroatoms. The van der Waals surface area contributed by atoms with Gasteiger partial charge in [0.1, 0.15) is 0 Å². The number of rotatable bonds is 5. The number of hydrogen-bond acceptors (Lipinski definition) is 2. The van der Waals surface area contributed by atoms with E-state index in [1.807, 2.05) is 6.20 Å². The van der Waals surface area contributed by atoms with E-state index in [0.29, 0.717) is 0 Å². The van der Waals surface area contributed by atoms with Crippen molar-refractivity contribution in [1.29, 1.82) is 0 Å². The summed E-state index contributed by atoms with van der Waals surface area (Å²) in [5.74, 6) is 0. The number of hydrogen-bond donors (Lipinski definition) is 1. The first kappa shape index (κ1) is 13.8. The molecule has 0 aliphatic heterocycles. The Hall–Kier alpha value is -2.13. The summed E-state index contributed by atoms with van der Waals surface area (Å²) < 4.78 is 2.09. The van der Waals surface area contributed by atoms with Crippen molar-refractivity contribution in [2.45, 2.75) is 26.4 Å². The summed E-state index contributed by atoms with van der Waals surface area (Å²) >= 11 is 0. The Balaban J connectivity index is 1.89. The number of benzene rings is 2. The summed E-state index contributed by atoms with van der Waals surface area (Å²) in [6.45, 7) is 6.04. The Labute approximate surface area is 125 Å². The molecule has 0 aliphatic rings. The molecule has 0 saturated carbocycles. The highest BCUT2D eigenvalue weighted by Crippen LogP contribution is 2.19. The Kier molecular flexibility index (Phi) is 4.02. The number of aryl methyl sites for hydroxylation is 1. The molecule has 3 aromatic rings. The number of nitrogens with one attached hydrogen (secondary N) is 1. The third-order valence-corrected chi connectivity index (χ3v) is 3.84. The van der Waals surface area contributed by atoms with E-state index in [4.69, 9.17) is 0 Å². The Morgan fingerprint density at radius 3 is 2.62 bits per heavy atom. The zero-order chi connectivity index (χ0) is 14.7. The van der Waals surface area contributed by atoms with Crippen LogP contribution in [-0.2, 0) is 6.54 Å². The second kappa shape index (κ2) is 6.10. The molecule has 0 saturated heterocycles. The first-order valence-electron chi connectivity index (χ1n) is 7.48. The van der Waals surface area contributed by atoms with Crippen LogP contribution < -0.4 is 5.32 Å². The van der Waals surface area contributed by atoms with Crippen LogP contribution in [0.25, 0.3) is 10.9 Å². The van der Waals surface area contributed by atoms with E-state index >= 15 is 0 Å². The molecule has 1 N–H and O–H groups in total. The van der Waals surface area contributed by atoms with Crippen molar-refractivity contribution in [3.05, 3.63) is 65.9 Å². The van der Waals surface area contributed by atoms with Crippen molar-refractivity contribution in [1.82, 2.24) is 15.1 Å². The monoisotopic (exact) mass is 279 g/mol. The van der Waals surface area contributed by atoms with Crippen molar-refractivity contribution in [3.8, 4) is 0 Å². The maximum atomic E-state index is 4.54. The number of fused-ring (bicyclic) bond motifs is 1. The Bertz CT molecular complexity index is 713. The third kappa shape index (κ3) is 2.98. The minimum atomic E-state index is 0.277. The van der Waals surface area contributed by atoms with Gasteiger partial charge in [-0.3, -0.25) is 4.68 Å². The van der Waals surface area contributed by atoms with Crippen LogP contribution in [0.4, 0.5) is 0 Å².